The lowest BCUT2D eigenvalue weighted by atomic mass is 10.1. The van der Waals surface area contributed by atoms with Gasteiger partial charge in [0.25, 0.3) is 0 Å². The molecule has 66 valence electrons. The highest BCUT2D eigenvalue weighted by Gasteiger charge is 2.07. The molecule has 0 amide bonds. The van der Waals surface area contributed by atoms with Gasteiger partial charge in [-0.05, 0) is 12.1 Å². The van der Waals surface area contributed by atoms with Gasteiger partial charge in [-0.25, -0.2) is 4.39 Å². The topological polar surface area (TPSA) is 20.2 Å². The van der Waals surface area contributed by atoms with Crippen LogP contribution < -0.4 is 0 Å². The Morgan fingerprint density at radius 3 is 1.92 bits per heavy atom. The van der Waals surface area contributed by atoms with Crippen molar-refractivity contribution >= 4 is 23.2 Å². The van der Waals surface area contributed by atoms with E-state index in [1.165, 1.54) is 12.1 Å². The number of aromatic hydroxyl groups is 1. The van der Waals surface area contributed by atoms with E-state index in [1.54, 1.807) is 0 Å². The van der Waals surface area contributed by atoms with Crippen molar-refractivity contribution in [1.82, 2.24) is 0 Å². The zero-order valence-corrected chi connectivity index (χ0v) is 7.66. The summed E-state index contributed by atoms with van der Waals surface area (Å²) in [6, 6.07) is 2.39. The maximum Gasteiger partial charge on any atom is 0.124 e. The highest BCUT2D eigenvalue weighted by Crippen LogP contribution is 2.26. The highest BCUT2D eigenvalue weighted by molar-refractivity contribution is 6.18. The van der Waals surface area contributed by atoms with E-state index in [1.807, 2.05) is 0 Å². The van der Waals surface area contributed by atoms with Crippen molar-refractivity contribution in [2.75, 3.05) is 0 Å². The zero-order valence-electron chi connectivity index (χ0n) is 6.15. The second-order valence-corrected chi connectivity index (χ2v) is 2.87. The molecule has 0 aromatic heterocycles. The molecule has 1 N–H and O–H groups in total. The van der Waals surface area contributed by atoms with Crippen molar-refractivity contribution < 1.29 is 9.50 Å². The third-order valence-corrected chi connectivity index (χ3v) is 2.10. The fourth-order valence-corrected chi connectivity index (χ4v) is 1.33. The standard InChI is InChI=1S/C8H7Cl2FO/c9-3-5-1-7(11)2-6(4-10)8(5)12/h1-2,12H,3-4H2. The first kappa shape index (κ1) is 9.62. The number of rotatable bonds is 2. The molecule has 0 unspecified atom stereocenters. The van der Waals surface area contributed by atoms with Crippen molar-refractivity contribution in [2.45, 2.75) is 11.8 Å². The Labute approximate surface area is 79.7 Å². The van der Waals surface area contributed by atoms with Crippen LogP contribution in [-0.4, -0.2) is 5.11 Å². The first-order chi connectivity index (χ1) is 5.69. The fraction of sp³-hybridized carbons (Fsp3) is 0.250. The molecule has 0 fully saturated rings. The maximum atomic E-state index is 12.8. The minimum Gasteiger partial charge on any atom is -0.507 e. The van der Waals surface area contributed by atoms with Gasteiger partial charge >= 0.3 is 0 Å². The van der Waals surface area contributed by atoms with Gasteiger partial charge in [-0.1, -0.05) is 0 Å². The van der Waals surface area contributed by atoms with E-state index >= 15 is 0 Å². The molecule has 1 aromatic carbocycles. The lowest BCUT2D eigenvalue weighted by Crippen LogP contribution is -1.88. The average Bonchev–Trinajstić information content (AvgIpc) is 2.08. The van der Waals surface area contributed by atoms with Gasteiger partial charge in [0.1, 0.15) is 11.6 Å². The van der Waals surface area contributed by atoms with Crippen LogP contribution in [0.1, 0.15) is 11.1 Å². The quantitative estimate of drug-likeness (QED) is 0.742. The van der Waals surface area contributed by atoms with Crippen LogP contribution in [0.15, 0.2) is 12.1 Å². The zero-order chi connectivity index (χ0) is 9.14. The van der Waals surface area contributed by atoms with Crippen molar-refractivity contribution in [1.29, 1.82) is 0 Å². The molecule has 0 aliphatic heterocycles. The van der Waals surface area contributed by atoms with Gasteiger partial charge in [0.2, 0.25) is 0 Å². The Morgan fingerprint density at radius 1 is 1.17 bits per heavy atom. The summed E-state index contributed by atoms with van der Waals surface area (Å²) in [6.07, 6.45) is 0. The van der Waals surface area contributed by atoms with E-state index in [0.29, 0.717) is 11.1 Å². The minimum absolute atomic E-state index is 0.0126. The number of hydrogen-bond donors (Lipinski definition) is 1. The Hall–Kier alpha value is -0.470. The van der Waals surface area contributed by atoms with Crippen molar-refractivity contribution in [3.8, 4) is 5.75 Å². The van der Waals surface area contributed by atoms with E-state index in [2.05, 4.69) is 0 Å². The lowest BCUT2D eigenvalue weighted by molar-refractivity contribution is 0.463. The van der Waals surface area contributed by atoms with Gasteiger partial charge in [-0.2, -0.15) is 0 Å². The Balaban J connectivity index is 3.22. The number of hydrogen-bond acceptors (Lipinski definition) is 1. The predicted molar refractivity (Wildman–Crippen MR) is 47.2 cm³/mol. The molecule has 0 radical (unpaired) electrons. The summed E-state index contributed by atoms with van der Waals surface area (Å²) in [4.78, 5) is 0. The monoisotopic (exact) mass is 208 g/mol. The van der Waals surface area contributed by atoms with Gasteiger partial charge in [0.05, 0.1) is 11.8 Å². The Kier molecular flexibility index (Phi) is 3.18. The van der Waals surface area contributed by atoms with Crippen LogP contribution in [-0.2, 0) is 11.8 Å². The molecule has 0 aliphatic carbocycles. The molecule has 0 spiro atoms. The number of halogens is 3. The lowest BCUT2D eigenvalue weighted by Gasteiger charge is -2.05. The summed E-state index contributed by atoms with van der Waals surface area (Å²) in [7, 11) is 0. The molecule has 1 nitrogen and oxygen atoms in total. The molecule has 1 rings (SSSR count). The van der Waals surface area contributed by atoms with Crippen LogP contribution in [0.5, 0.6) is 5.75 Å². The summed E-state index contributed by atoms with van der Waals surface area (Å²) in [6.45, 7) is 0. The summed E-state index contributed by atoms with van der Waals surface area (Å²) in [5.41, 5.74) is 0.736. The molecule has 0 aliphatic rings. The number of phenols is 1. The first-order valence-corrected chi connectivity index (χ1v) is 4.38. The van der Waals surface area contributed by atoms with E-state index in [0.717, 1.165) is 0 Å². The summed E-state index contributed by atoms with van der Waals surface area (Å²) < 4.78 is 12.8. The van der Waals surface area contributed by atoms with E-state index in [-0.39, 0.29) is 17.5 Å². The van der Waals surface area contributed by atoms with Crippen LogP contribution in [0.2, 0.25) is 0 Å². The van der Waals surface area contributed by atoms with Gasteiger partial charge in [-0.3, -0.25) is 0 Å². The summed E-state index contributed by atoms with van der Waals surface area (Å²) in [5.74, 6) is -0.290. The van der Waals surface area contributed by atoms with Crippen LogP contribution in [0.4, 0.5) is 4.39 Å². The molecule has 1 aromatic rings. The average molecular weight is 209 g/mol. The maximum absolute atomic E-state index is 12.8. The molecular formula is C8H7Cl2FO. The van der Waals surface area contributed by atoms with Crippen LogP contribution >= 0.6 is 23.2 Å². The van der Waals surface area contributed by atoms with Crippen molar-refractivity contribution in [3.63, 3.8) is 0 Å². The largest absolute Gasteiger partial charge is 0.507 e. The van der Waals surface area contributed by atoms with Gasteiger partial charge in [-0.15, -0.1) is 23.2 Å². The van der Waals surface area contributed by atoms with Crippen molar-refractivity contribution in [2.24, 2.45) is 0 Å². The second kappa shape index (κ2) is 3.97. The van der Waals surface area contributed by atoms with E-state index < -0.39 is 5.82 Å². The molecule has 0 bridgehead atoms. The summed E-state index contributed by atoms with van der Waals surface area (Å²) >= 11 is 10.9. The van der Waals surface area contributed by atoms with Crippen molar-refractivity contribution in [3.05, 3.63) is 29.1 Å². The molecular weight excluding hydrogens is 202 g/mol. The minimum atomic E-state index is -0.431. The summed E-state index contributed by atoms with van der Waals surface area (Å²) in [5, 5.41) is 9.38. The van der Waals surface area contributed by atoms with Crippen LogP contribution in [0.25, 0.3) is 0 Å². The first-order valence-electron chi connectivity index (χ1n) is 3.31. The molecule has 0 saturated carbocycles. The van der Waals surface area contributed by atoms with E-state index in [4.69, 9.17) is 23.2 Å². The molecule has 0 atom stereocenters. The van der Waals surface area contributed by atoms with Gasteiger partial charge in [0, 0.05) is 11.1 Å². The van der Waals surface area contributed by atoms with Crippen LogP contribution in [0.3, 0.4) is 0 Å². The van der Waals surface area contributed by atoms with Crippen LogP contribution in [0, 0.1) is 5.82 Å². The molecule has 4 heteroatoms. The Morgan fingerprint density at radius 2 is 1.58 bits per heavy atom. The number of alkyl halides is 2. The molecule has 0 saturated heterocycles. The number of phenolic OH excluding ortho intramolecular Hbond substituents is 1. The second-order valence-electron chi connectivity index (χ2n) is 2.34. The predicted octanol–water partition coefficient (Wildman–Crippen LogP) is 3.01. The third-order valence-electron chi connectivity index (χ3n) is 1.52. The van der Waals surface area contributed by atoms with Gasteiger partial charge < -0.3 is 5.11 Å². The fourth-order valence-electron chi connectivity index (χ4n) is 0.921. The van der Waals surface area contributed by atoms with E-state index in [9.17, 15) is 9.50 Å². The Bertz CT molecular complexity index is 263. The third kappa shape index (κ3) is 1.82. The van der Waals surface area contributed by atoms with Gasteiger partial charge in [0.15, 0.2) is 0 Å². The highest BCUT2D eigenvalue weighted by atomic mass is 35.5. The smallest absolute Gasteiger partial charge is 0.124 e. The molecule has 12 heavy (non-hydrogen) atoms. The molecule has 0 heterocycles. The normalized spacial score (nSPS) is 10.2. The number of benzene rings is 1. The SMILES string of the molecule is Oc1c(CCl)cc(F)cc1CCl.